The van der Waals surface area contributed by atoms with Crippen LogP contribution in [0.1, 0.15) is 63.4 Å². The van der Waals surface area contributed by atoms with Gasteiger partial charge in [0.05, 0.1) is 6.61 Å². The van der Waals surface area contributed by atoms with Gasteiger partial charge in [0.1, 0.15) is 5.60 Å². The van der Waals surface area contributed by atoms with Gasteiger partial charge in [-0.25, -0.2) is 4.79 Å². The van der Waals surface area contributed by atoms with Crippen molar-refractivity contribution in [2.45, 2.75) is 59.6 Å². The average molecular weight is 479 g/mol. The van der Waals surface area contributed by atoms with Crippen molar-refractivity contribution in [2.24, 2.45) is 0 Å². The monoisotopic (exact) mass is 478 g/mol. The minimum Gasteiger partial charge on any atom is -0.466 e. The number of rotatable bonds is 9. The number of anilines is 1. The van der Waals surface area contributed by atoms with Crippen LogP contribution in [0.3, 0.4) is 0 Å². The maximum atomic E-state index is 13.6. The lowest BCUT2D eigenvalue weighted by Gasteiger charge is -2.26. The predicted octanol–water partition coefficient (Wildman–Crippen LogP) is 5.98. The maximum Gasteiger partial charge on any atom is 0.414 e. The van der Waals surface area contributed by atoms with Crippen molar-refractivity contribution in [2.75, 3.05) is 18.1 Å². The highest BCUT2D eigenvalue weighted by Gasteiger charge is 2.24. The molecule has 0 bridgehead atoms. The van der Waals surface area contributed by atoms with Crippen LogP contribution in [0.25, 0.3) is 10.9 Å². The molecular weight excluding hydrogens is 444 g/mol. The Morgan fingerprint density at radius 2 is 1.74 bits per heavy atom. The number of carbonyl (C=O) groups is 3. The minimum atomic E-state index is -0.618. The molecule has 35 heavy (non-hydrogen) atoms. The van der Waals surface area contributed by atoms with Crippen molar-refractivity contribution in [1.82, 2.24) is 4.57 Å². The summed E-state index contributed by atoms with van der Waals surface area (Å²) in [5, 5.41) is 0.846. The van der Waals surface area contributed by atoms with Crippen LogP contribution in [0.4, 0.5) is 10.5 Å². The zero-order valence-corrected chi connectivity index (χ0v) is 21.2. The summed E-state index contributed by atoms with van der Waals surface area (Å²) in [5.41, 5.74) is 1.98. The second kappa shape index (κ2) is 11.2. The molecule has 0 fully saturated rings. The van der Waals surface area contributed by atoms with Crippen LogP contribution in [0, 0.1) is 0 Å². The summed E-state index contributed by atoms with van der Waals surface area (Å²) in [5.74, 6) is -0.352. The van der Waals surface area contributed by atoms with E-state index in [1.807, 2.05) is 62.7 Å². The highest BCUT2D eigenvalue weighted by atomic mass is 16.6. The fourth-order valence-corrected chi connectivity index (χ4v) is 3.94. The molecule has 3 aromatic rings. The molecule has 2 aromatic carbocycles. The third-order valence-corrected chi connectivity index (χ3v) is 5.47. The number of amides is 1. The lowest BCUT2D eigenvalue weighted by molar-refractivity contribution is -0.143. The number of para-hydroxylation sites is 1. The zero-order chi connectivity index (χ0) is 25.6. The van der Waals surface area contributed by atoms with Gasteiger partial charge in [0.2, 0.25) is 0 Å². The molecule has 0 saturated heterocycles. The molecule has 7 nitrogen and oxygen atoms in total. The molecule has 3 rings (SSSR count). The van der Waals surface area contributed by atoms with Gasteiger partial charge in [-0.2, -0.15) is 0 Å². The Morgan fingerprint density at radius 1 is 1.00 bits per heavy atom. The number of hydrogen-bond donors (Lipinski definition) is 0. The molecule has 1 amide bonds. The van der Waals surface area contributed by atoms with Gasteiger partial charge in [-0.1, -0.05) is 30.3 Å². The minimum absolute atomic E-state index is 0.132. The van der Waals surface area contributed by atoms with E-state index in [1.54, 1.807) is 31.2 Å². The van der Waals surface area contributed by atoms with Gasteiger partial charge in [0.25, 0.3) is 0 Å². The van der Waals surface area contributed by atoms with E-state index in [1.165, 1.54) is 4.90 Å². The average Bonchev–Trinajstić information content (AvgIpc) is 3.17. The topological polar surface area (TPSA) is 77.8 Å². The molecule has 186 valence electrons. The quantitative estimate of drug-likeness (QED) is 0.279. The number of ketones is 1. The molecule has 1 heterocycles. The van der Waals surface area contributed by atoms with Crippen molar-refractivity contribution >= 4 is 34.4 Å². The second-order valence-corrected chi connectivity index (χ2v) is 9.27. The van der Waals surface area contributed by atoms with Crippen LogP contribution >= 0.6 is 0 Å². The van der Waals surface area contributed by atoms with Gasteiger partial charge < -0.3 is 14.0 Å². The first-order chi connectivity index (χ1) is 16.6. The second-order valence-electron chi connectivity index (χ2n) is 9.27. The third-order valence-electron chi connectivity index (χ3n) is 5.47. The highest BCUT2D eigenvalue weighted by molar-refractivity contribution is 6.17. The molecule has 0 unspecified atom stereocenters. The Hall–Kier alpha value is -3.61. The largest absolute Gasteiger partial charge is 0.466 e. The van der Waals surface area contributed by atoms with E-state index in [4.69, 9.17) is 9.47 Å². The molecule has 0 radical (unpaired) electrons. The summed E-state index contributed by atoms with van der Waals surface area (Å²) in [6.07, 6.45) is 2.32. The summed E-state index contributed by atoms with van der Waals surface area (Å²) in [4.78, 5) is 39.5. The molecular formula is C28H34N2O5. The molecule has 0 aliphatic rings. The van der Waals surface area contributed by atoms with E-state index >= 15 is 0 Å². The number of aromatic nitrogens is 1. The Morgan fingerprint density at radius 3 is 2.43 bits per heavy atom. The molecule has 0 saturated carbocycles. The number of fused-ring (bicyclic) bond motifs is 1. The van der Waals surface area contributed by atoms with Crippen LogP contribution in [0.2, 0.25) is 0 Å². The SMILES string of the molecule is CCOC(=O)CCCn1cc(C(=O)c2cccc(N(CC)C(=O)OC(C)(C)C)c2)c2ccccc21. The Kier molecular flexibility index (Phi) is 8.33. The number of nitrogens with zero attached hydrogens (tertiary/aromatic N) is 2. The summed E-state index contributed by atoms with van der Waals surface area (Å²) in [6.45, 7) is 10.5. The molecule has 0 spiro atoms. The van der Waals surface area contributed by atoms with Crippen molar-refractivity contribution in [1.29, 1.82) is 0 Å². The number of hydrogen-bond acceptors (Lipinski definition) is 5. The highest BCUT2D eigenvalue weighted by Crippen LogP contribution is 2.26. The third kappa shape index (κ3) is 6.50. The Balaban J connectivity index is 1.88. The summed E-state index contributed by atoms with van der Waals surface area (Å²) < 4.78 is 12.5. The van der Waals surface area contributed by atoms with Gasteiger partial charge in [-0.15, -0.1) is 0 Å². The van der Waals surface area contributed by atoms with Gasteiger partial charge >= 0.3 is 12.1 Å². The van der Waals surface area contributed by atoms with Gasteiger partial charge in [-0.3, -0.25) is 14.5 Å². The molecule has 0 aliphatic heterocycles. The number of benzene rings is 2. The van der Waals surface area contributed by atoms with E-state index in [-0.39, 0.29) is 11.8 Å². The van der Waals surface area contributed by atoms with Crippen molar-refractivity contribution < 1.29 is 23.9 Å². The molecule has 0 atom stereocenters. The van der Waals surface area contributed by atoms with Crippen LogP contribution in [0.5, 0.6) is 0 Å². The number of carbonyl (C=O) groups excluding carboxylic acids is 3. The number of esters is 1. The van der Waals surface area contributed by atoms with Gasteiger partial charge in [-0.05, 0) is 59.2 Å². The fraction of sp³-hybridized carbons (Fsp3) is 0.393. The summed E-state index contributed by atoms with van der Waals surface area (Å²) in [6, 6.07) is 14.8. The zero-order valence-electron chi connectivity index (χ0n) is 21.2. The molecule has 1 aromatic heterocycles. The van der Waals surface area contributed by atoms with Crippen molar-refractivity contribution in [3.05, 3.63) is 65.9 Å². The fourth-order valence-electron chi connectivity index (χ4n) is 3.94. The van der Waals surface area contributed by atoms with Crippen molar-refractivity contribution in [3.8, 4) is 0 Å². The lowest BCUT2D eigenvalue weighted by atomic mass is 10.0. The number of ether oxygens (including phenoxy) is 2. The summed E-state index contributed by atoms with van der Waals surface area (Å²) >= 11 is 0. The van der Waals surface area contributed by atoms with Gasteiger partial charge in [0.15, 0.2) is 5.78 Å². The Labute approximate surface area is 206 Å². The summed E-state index contributed by atoms with van der Waals surface area (Å²) in [7, 11) is 0. The first kappa shape index (κ1) is 26.0. The maximum absolute atomic E-state index is 13.6. The smallest absolute Gasteiger partial charge is 0.414 e. The first-order valence-corrected chi connectivity index (χ1v) is 12.0. The van der Waals surface area contributed by atoms with Crippen molar-refractivity contribution in [3.63, 3.8) is 0 Å². The van der Waals surface area contributed by atoms with Crippen LogP contribution in [-0.2, 0) is 20.8 Å². The van der Waals surface area contributed by atoms with E-state index < -0.39 is 11.7 Å². The molecule has 7 heteroatoms. The predicted molar refractivity (Wildman–Crippen MR) is 137 cm³/mol. The van der Waals surface area contributed by atoms with E-state index in [0.717, 1.165) is 10.9 Å². The van der Waals surface area contributed by atoms with Crippen LogP contribution in [0.15, 0.2) is 54.7 Å². The number of aryl methyl sites for hydroxylation is 1. The van der Waals surface area contributed by atoms with Gasteiger partial charge in [0, 0.05) is 53.4 Å². The van der Waals surface area contributed by atoms with E-state index in [9.17, 15) is 14.4 Å². The molecule has 0 N–H and O–H groups in total. The van der Waals surface area contributed by atoms with E-state index in [0.29, 0.717) is 49.4 Å². The Bertz CT molecular complexity index is 1210. The molecule has 0 aliphatic carbocycles. The van der Waals surface area contributed by atoms with E-state index in [2.05, 4.69) is 0 Å². The first-order valence-electron chi connectivity index (χ1n) is 12.0. The van der Waals surface area contributed by atoms with Crippen LogP contribution in [-0.4, -0.2) is 41.2 Å². The van der Waals surface area contributed by atoms with Crippen LogP contribution < -0.4 is 4.90 Å². The normalized spacial score (nSPS) is 11.3. The standard InChI is InChI=1S/C28H34N2O5/c1-6-30(27(33)35-28(3,4)5)21-13-10-12-20(18-21)26(32)23-19-29(17-11-16-25(31)34-7-2)24-15-9-8-14-22(23)24/h8-10,12-15,18-19H,6-7,11,16-17H2,1-5H3. The lowest BCUT2D eigenvalue weighted by Crippen LogP contribution is -2.36.